The number of methoxy groups -OCH3 is 1. The van der Waals surface area contributed by atoms with Crippen LogP contribution >= 0.6 is 0 Å². The maximum Gasteiger partial charge on any atom is 0.257 e. The van der Waals surface area contributed by atoms with E-state index in [0.717, 1.165) is 16.7 Å². The van der Waals surface area contributed by atoms with Crippen LogP contribution in [0.15, 0.2) is 30.5 Å². The van der Waals surface area contributed by atoms with E-state index >= 15 is 0 Å². The number of hydrogen-bond donors (Lipinski definition) is 2. The van der Waals surface area contributed by atoms with Gasteiger partial charge in [0.25, 0.3) is 5.91 Å². The number of carbonyl (C=O) groups is 2. The zero-order chi connectivity index (χ0) is 18.8. The van der Waals surface area contributed by atoms with Crippen molar-refractivity contribution in [2.24, 2.45) is 7.05 Å². The number of anilines is 2. The van der Waals surface area contributed by atoms with E-state index in [9.17, 15) is 9.59 Å². The number of pyridine rings is 1. The highest BCUT2D eigenvalue weighted by molar-refractivity contribution is 6.06. The Morgan fingerprint density at radius 3 is 2.65 bits per heavy atom. The van der Waals surface area contributed by atoms with E-state index in [0.29, 0.717) is 22.7 Å². The van der Waals surface area contributed by atoms with Crippen molar-refractivity contribution in [1.82, 2.24) is 14.8 Å². The molecular formula is C18H19N5O3. The fourth-order valence-corrected chi connectivity index (χ4v) is 2.71. The van der Waals surface area contributed by atoms with Crippen LogP contribution in [0, 0.1) is 6.92 Å². The van der Waals surface area contributed by atoms with Crippen LogP contribution in [0.5, 0.6) is 5.75 Å². The van der Waals surface area contributed by atoms with Crippen molar-refractivity contribution in [3.8, 4) is 5.75 Å². The van der Waals surface area contributed by atoms with Gasteiger partial charge < -0.3 is 15.4 Å². The van der Waals surface area contributed by atoms with Crippen LogP contribution in [-0.2, 0) is 11.8 Å². The Labute approximate surface area is 150 Å². The number of hydrogen-bond acceptors (Lipinski definition) is 5. The first-order valence-corrected chi connectivity index (χ1v) is 7.95. The van der Waals surface area contributed by atoms with Gasteiger partial charge in [-0.3, -0.25) is 14.3 Å². The lowest BCUT2D eigenvalue weighted by atomic mass is 10.2. The first kappa shape index (κ1) is 17.4. The fourth-order valence-electron chi connectivity index (χ4n) is 2.71. The molecule has 0 saturated heterocycles. The summed E-state index contributed by atoms with van der Waals surface area (Å²) in [7, 11) is 3.32. The molecule has 1 aromatic carbocycles. The molecule has 134 valence electrons. The molecule has 0 atom stereocenters. The standard InChI is InChI=1S/C18H19N5O3/c1-10-14-7-12(9-19-17(14)23(3)22-10)18(25)21-13-5-6-16(26-4)15(8-13)20-11(2)24/h5-9H,1-4H3,(H,20,24)(H,21,25). The van der Waals surface area contributed by atoms with Gasteiger partial charge >= 0.3 is 0 Å². The van der Waals surface area contributed by atoms with Gasteiger partial charge in [-0.15, -0.1) is 0 Å². The van der Waals surface area contributed by atoms with E-state index in [1.165, 1.54) is 20.2 Å². The van der Waals surface area contributed by atoms with Gasteiger partial charge in [-0.05, 0) is 31.2 Å². The predicted octanol–water partition coefficient (Wildman–Crippen LogP) is 2.50. The number of aryl methyl sites for hydroxylation is 2. The third kappa shape index (κ3) is 3.34. The van der Waals surface area contributed by atoms with E-state index in [4.69, 9.17) is 4.74 Å². The van der Waals surface area contributed by atoms with Crippen LogP contribution in [0.1, 0.15) is 23.0 Å². The molecule has 0 aliphatic rings. The van der Waals surface area contributed by atoms with Crippen LogP contribution in [0.4, 0.5) is 11.4 Å². The van der Waals surface area contributed by atoms with Crippen LogP contribution in [0.2, 0.25) is 0 Å². The first-order chi connectivity index (χ1) is 12.4. The molecule has 0 saturated carbocycles. The van der Waals surface area contributed by atoms with E-state index < -0.39 is 0 Å². The van der Waals surface area contributed by atoms with Crippen LogP contribution < -0.4 is 15.4 Å². The highest BCUT2D eigenvalue weighted by Gasteiger charge is 2.13. The molecule has 2 heterocycles. The van der Waals surface area contributed by atoms with Crippen molar-refractivity contribution in [2.45, 2.75) is 13.8 Å². The molecule has 2 amide bonds. The monoisotopic (exact) mass is 353 g/mol. The summed E-state index contributed by atoms with van der Waals surface area (Å²) in [5.41, 5.74) is 2.96. The van der Waals surface area contributed by atoms with Crippen molar-refractivity contribution >= 4 is 34.2 Å². The Balaban J connectivity index is 1.88. The van der Waals surface area contributed by atoms with Gasteiger partial charge in [0, 0.05) is 31.2 Å². The minimum Gasteiger partial charge on any atom is -0.495 e. The van der Waals surface area contributed by atoms with E-state index in [1.54, 1.807) is 28.9 Å². The predicted molar refractivity (Wildman–Crippen MR) is 98.5 cm³/mol. The molecule has 0 aliphatic carbocycles. The minimum absolute atomic E-state index is 0.228. The largest absolute Gasteiger partial charge is 0.495 e. The lowest BCUT2D eigenvalue weighted by Crippen LogP contribution is -2.13. The van der Waals surface area contributed by atoms with Crippen molar-refractivity contribution in [1.29, 1.82) is 0 Å². The normalized spacial score (nSPS) is 10.6. The summed E-state index contributed by atoms with van der Waals surface area (Å²) in [6, 6.07) is 6.77. The fraction of sp³-hybridized carbons (Fsp3) is 0.222. The summed E-state index contributed by atoms with van der Waals surface area (Å²) in [5, 5.41) is 10.6. The topological polar surface area (TPSA) is 98.1 Å². The molecule has 0 fully saturated rings. The molecule has 3 aromatic rings. The summed E-state index contributed by atoms with van der Waals surface area (Å²) < 4.78 is 6.88. The number of benzene rings is 1. The quantitative estimate of drug-likeness (QED) is 0.751. The Morgan fingerprint density at radius 1 is 1.19 bits per heavy atom. The summed E-state index contributed by atoms with van der Waals surface area (Å²) in [6.07, 6.45) is 1.51. The Morgan fingerprint density at radius 2 is 1.96 bits per heavy atom. The highest BCUT2D eigenvalue weighted by Crippen LogP contribution is 2.28. The van der Waals surface area contributed by atoms with E-state index in [1.807, 2.05) is 14.0 Å². The lowest BCUT2D eigenvalue weighted by molar-refractivity contribution is -0.114. The zero-order valence-electron chi connectivity index (χ0n) is 15.0. The van der Waals surface area contributed by atoms with Gasteiger partial charge in [-0.25, -0.2) is 4.98 Å². The third-order valence-corrected chi connectivity index (χ3v) is 3.89. The summed E-state index contributed by atoms with van der Waals surface area (Å²) in [4.78, 5) is 28.2. The van der Waals surface area contributed by atoms with Gasteiger partial charge in [0.15, 0.2) is 5.65 Å². The molecule has 0 unspecified atom stereocenters. The van der Waals surface area contributed by atoms with Gasteiger partial charge in [0.05, 0.1) is 24.1 Å². The molecule has 2 aromatic heterocycles. The molecule has 0 radical (unpaired) electrons. The average molecular weight is 353 g/mol. The van der Waals surface area contributed by atoms with Crippen molar-refractivity contribution in [3.63, 3.8) is 0 Å². The SMILES string of the molecule is COc1ccc(NC(=O)c2cnc3c(c2)c(C)nn3C)cc1NC(C)=O. The third-order valence-electron chi connectivity index (χ3n) is 3.89. The number of nitrogens with one attached hydrogen (secondary N) is 2. The van der Waals surface area contributed by atoms with Gasteiger partial charge in [0.1, 0.15) is 5.75 Å². The molecular weight excluding hydrogens is 334 g/mol. The number of aromatic nitrogens is 3. The number of nitrogens with zero attached hydrogens (tertiary/aromatic N) is 3. The summed E-state index contributed by atoms with van der Waals surface area (Å²) in [5.74, 6) is -0.0256. The van der Waals surface area contributed by atoms with Crippen LogP contribution in [0.25, 0.3) is 11.0 Å². The Kier molecular flexibility index (Phi) is 4.57. The second-order valence-corrected chi connectivity index (χ2v) is 5.85. The average Bonchev–Trinajstić information content (AvgIpc) is 2.88. The Hall–Kier alpha value is -3.42. The zero-order valence-corrected chi connectivity index (χ0v) is 15.0. The maximum absolute atomic E-state index is 12.6. The number of fused-ring (bicyclic) bond motifs is 1. The van der Waals surface area contributed by atoms with Crippen molar-refractivity contribution in [2.75, 3.05) is 17.7 Å². The summed E-state index contributed by atoms with van der Waals surface area (Å²) in [6.45, 7) is 3.27. The molecule has 0 spiro atoms. The van der Waals surface area contributed by atoms with Gasteiger partial charge in [0.2, 0.25) is 5.91 Å². The minimum atomic E-state index is -0.304. The molecule has 26 heavy (non-hydrogen) atoms. The maximum atomic E-state index is 12.6. The number of amides is 2. The molecule has 0 aliphatic heterocycles. The van der Waals surface area contributed by atoms with Crippen LogP contribution in [0.3, 0.4) is 0 Å². The smallest absolute Gasteiger partial charge is 0.257 e. The number of carbonyl (C=O) groups excluding carboxylic acids is 2. The van der Waals surface area contributed by atoms with Crippen molar-refractivity contribution in [3.05, 3.63) is 41.7 Å². The molecule has 2 N–H and O–H groups in total. The van der Waals surface area contributed by atoms with E-state index in [-0.39, 0.29) is 11.8 Å². The van der Waals surface area contributed by atoms with Crippen LogP contribution in [-0.4, -0.2) is 33.7 Å². The first-order valence-electron chi connectivity index (χ1n) is 7.95. The Bertz CT molecular complexity index is 1010. The lowest BCUT2D eigenvalue weighted by Gasteiger charge is -2.12. The summed E-state index contributed by atoms with van der Waals surface area (Å²) >= 11 is 0. The molecule has 0 bridgehead atoms. The van der Waals surface area contributed by atoms with Gasteiger partial charge in [-0.2, -0.15) is 5.10 Å². The van der Waals surface area contributed by atoms with E-state index in [2.05, 4.69) is 20.7 Å². The molecule has 8 nitrogen and oxygen atoms in total. The molecule has 8 heteroatoms. The second kappa shape index (κ2) is 6.83. The number of ether oxygens (including phenoxy) is 1. The number of rotatable bonds is 4. The van der Waals surface area contributed by atoms with Crippen molar-refractivity contribution < 1.29 is 14.3 Å². The second-order valence-electron chi connectivity index (χ2n) is 5.85. The molecule has 3 rings (SSSR count). The highest BCUT2D eigenvalue weighted by atomic mass is 16.5. The van der Waals surface area contributed by atoms with Gasteiger partial charge in [-0.1, -0.05) is 0 Å².